The van der Waals surface area contributed by atoms with Crippen molar-refractivity contribution in [3.63, 3.8) is 0 Å². The van der Waals surface area contributed by atoms with Crippen molar-refractivity contribution in [2.45, 2.75) is 30.1 Å². The van der Waals surface area contributed by atoms with Crippen LogP contribution >= 0.6 is 0 Å². The third-order valence-corrected chi connectivity index (χ3v) is 5.81. The summed E-state index contributed by atoms with van der Waals surface area (Å²) in [6.07, 6.45) is 0.622. The van der Waals surface area contributed by atoms with E-state index in [1.807, 2.05) is 0 Å². The highest BCUT2D eigenvalue weighted by Crippen LogP contribution is 2.43. The fraction of sp³-hybridized carbons (Fsp3) is 0.636. The summed E-state index contributed by atoms with van der Waals surface area (Å²) < 4.78 is 36.6. The first-order chi connectivity index (χ1) is 9.28. The minimum Gasteiger partial charge on any atom is -0.465 e. The lowest BCUT2D eigenvalue weighted by Crippen LogP contribution is -2.50. The van der Waals surface area contributed by atoms with Crippen LogP contribution in [0, 0.1) is 5.92 Å². The van der Waals surface area contributed by atoms with Crippen LogP contribution in [0.5, 0.6) is 0 Å². The zero-order valence-corrected chi connectivity index (χ0v) is 11.4. The molecule has 0 aliphatic heterocycles. The molecule has 2 saturated carbocycles. The van der Waals surface area contributed by atoms with Crippen molar-refractivity contribution in [2.75, 3.05) is 6.67 Å². The van der Waals surface area contributed by atoms with E-state index in [2.05, 4.69) is 6.58 Å². The molecule has 2 rings (SSSR count). The van der Waals surface area contributed by atoms with E-state index in [0.29, 0.717) is 11.3 Å². The number of rotatable bonds is 5. The quantitative estimate of drug-likeness (QED) is 0.740. The van der Waals surface area contributed by atoms with Gasteiger partial charge in [0.05, 0.1) is 6.04 Å². The fourth-order valence-corrected chi connectivity index (χ4v) is 3.34. The third-order valence-electron chi connectivity index (χ3n) is 3.71. The van der Waals surface area contributed by atoms with E-state index < -0.39 is 39.6 Å². The monoisotopic (exact) mass is 306 g/mol. The lowest BCUT2D eigenvalue weighted by atomic mass is 10.4. The number of halogens is 1. The van der Waals surface area contributed by atoms with Crippen molar-refractivity contribution in [3.05, 3.63) is 12.7 Å². The summed E-state index contributed by atoms with van der Waals surface area (Å²) >= 11 is 0. The maximum Gasteiger partial charge on any atom is 0.415 e. The summed E-state index contributed by atoms with van der Waals surface area (Å²) in [5.74, 6) is -0.171. The van der Waals surface area contributed by atoms with Gasteiger partial charge in [-0.1, -0.05) is 6.08 Å². The van der Waals surface area contributed by atoms with Gasteiger partial charge in [-0.2, -0.15) is 0 Å². The smallest absolute Gasteiger partial charge is 0.415 e. The van der Waals surface area contributed by atoms with Crippen LogP contribution in [0.25, 0.3) is 0 Å². The van der Waals surface area contributed by atoms with Gasteiger partial charge < -0.3 is 5.11 Å². The average Bonchev–Trinajstić information content (AvgIpc) is 3.23. The number of nitrogens with one attached hydrogen (secondary N) is 1. The number of carboxylic acid groups (broad SMARTS) is 1. The zero-order chi connectivity index (χ0) is 15.1. The van der Waals surface area contributed by atoms with Gasteiger partial charge >= 0.3 is 12.1 Å². The first kappa shape index (κ1) is 14.8. The zero-order valence-electron chi connectivity index (χ0n) is 10.6. The van der Waals surface area contributed by atoms with Crippen LogP contribution in [0.15, 0.2) is 12.7 Å². The lowest BCUT2D eigenvalue weighted by Gasteiger charge is -2.20. The molecular formula is C11H15FN2O5S. The van der Waals surface area contributed by atoms with Crippen LogP contribution in [0.3, 0.4) is 0 Å². The number of sulfonamides is 1. The molecule has 2 atom stereocenters. The van der Waals surface area contributed by atoms with Gasteiger partial charge in [-0.3, -0.25) is 0 Å². The standard InChI is InChI=1S/C11H15FN2O5S/c1-2-7-5-8(7)14(10(16)17)9(15)13-20(18,19)11(6-12)3-4-11/h2,7-8H,1,3-6H2,(H,13,15)(H,16,17). The van der Waals surface area contributed by atoms with Crippen LogP contribution in [-0.4, -0.2) is 48.0 Å². The molecular weight excluding hydrogens is 291 g/mol. The number of hydrogen-bond acceptors (Lipinski definition) is 4. The van der Waals surface area contributed by atoms with E-state index in [-0.39, 0.29) is 18.8 Å². The van der Waals surface area contributed by atoms with Crippen LogP contribution in [0.4, 0.5) is 14.0 Å². The van der Waals surface area contributed by atoms with Crippen molar-refractivity contribution >= 4 is 22.1 Å². The van der Waals surface area contributed by atoms with Crippen molar-refractivity contribution in [2.24, 2.45) is 5.92 Å². The van der Waals surface area contributed by atoms with Gasteiger partial charge in [-0.05, 0) is 25.2 Å². The fourth-order valence-electron chi connectivity index (χ4n) is 2.02. The summed E-state index contributed by atoms with van der Waals surface area (Å²) in [5.41, 5.74) is 0. The third kappa shape index (κ3) is 2.37. The number of nitrogens with zero attached hydrogens (tertiary/aromatic N) is 1. The molecule has 0 saturated heterocycles. The van der Waals surface area contributed by atoms with Crippen molar-refractivity contribution in [1.29, 1.82) is 0 Å². The van der Waals surface area contributed by atoms with Gasteiger partial charge in [0.1, 0.15) is 11.4 Å². The van der Waals surface area contributed by atoms with E-state index in [4.69, 9.17) is 5.11 Å². The molecule has 7 nitrogen and oxygen atoms in total. The molecule has 2 fully saturated rings. The number of urea groups is 1. The van der Waals surface area contributed by atoms with Gasteiger partial charge in [-0.15, -0.1) is 6.58 Å². The highest BCUT2D eigenvalue weighted by atomic mass is 32.2. The minimum absolute atomic E-state index is 0.123. The average molecular weight is 306 g/mol. The van der Waals surface area contributed by atoms with Crippen LogP contribution in [0.2, 0.25) is 0 Å². The highest BCUT2D eigenvalue weighted by Gasteiger charge is 2.56. The summed E-state index contributed by atoms with van der Waals surface area (Å²) in [6.45, 7) is 2.40. The van der Waals surface area contributed by atoms with Crippen molar-refractivity contribution in [3.8, 4) is 0 Å². The molecule has 9 heteroatoms. The molecule has 2 aliphatic carbocycles. The largest absolute Gasteiger partial charge is 0.465 e. The Hall–Kier alpha value is -1.64. The Morgan fingerprint density at radius 3 is 2.45 bits per heavy atom. The molecule has 0 bridgehead atoms. The number of imide groups is 1. The second-order valence-corrected chi connectivity index (χ2v) is 7.16. The van der Waals surface area contributed by atoms with Gasteiger partial charge in [0.2, 0.25) is 10.0 Å². The molecule has 3 amide bonds. The van der Waals surface area contributed by atoms with Crippen LogP contribution in [0.1, 0.15) is 19.3 Å². The summed E-state index contributed by atoms with van der Waals surface area (Å²) in [5, 5.41) is 9.00. The first-order valence-electron chi connectivity index (χ1n) is 6.05. The Labute approximate surface area is 115 Å². The molecule has 0 aromatic carbocycles. The van der Waals surface area contributed by atoms with Crippen molar-refractivity contribution < 1.29 is 27.5 Å². The normalized spacial score (nSPS) is 26.4. The molecule has 20 heavy (non-hydrogen) atoms. The second-order valence-electron chi connectivity index (χ2n) is 5.08. The number of alkyl halides is 1. The number of hydrogen-bond donors (Lipinski definition) is 2. The Morgan fingerprint density at radius 1 is 1.50 bits per heavy atom. The molecule has 0 spiro atoms. The van der Waals surface area contributed by atoms with Gasteiger partial charge in [0.25, 0.3) is 0 Å². The molecule has 112 valence electrons. The van der Waals surface area contributed by atoms with E-state index in [9.17, 15) is 22.4 Å². The Balaban J connectivity index is 2.10. The topological polar surface area (TPSA) is 104 Å². The number of amides is 3. The van der Waals surface area contributed by atoms with Gasteiger partial charge in [0.15, 0.2) is 0 Å². The predicted molar refractivity (Wildman–Crippen MR) is 67.3 cm³/mol. The molecule has 2 unspecified atom stereocenters. The summed E-state index contributed by atoms with van der Waals surface area (Å²) in [4.78, 5) is 23.3. The number of carbonyl (C=O) groups excluding carboxylic acids is 1. The number of carbonyl (C=O) groups is 2. The Kier molecular flexibility index (Phi) is 3.49. The Bertz CT molecular complexity index is 557. The molecule has 0 radical (unpaired) electrons. The molecule has 0 aromatic rings. The molecule has 0 aromatic heterocycles. The lowest BCUT2D eigenvalue weighted by molar-refractivity contribution is 0.146. The van der Waals surface area contributed by atoms with E-state index in [1.165, 1.54) is 6.08 Å². The van der Waals surface area contributed by atoms with E-state index in [0.717, 1.165) is 0 Å². The SMILES string of the molecule is C=CC1CC1N(C(=O)O)C(=O)NS(=O)(=O)C1(CF)CC1. The predicted octanol–water partition coefficient (Wildman–Crippen LogP) is 1.08. The summed E-state index contributed by atoms with van der Waals surface area (Å²) in [7, 11) is -4.21. The maximum absolute atomic E-state index is 12.8. The Morgan fingerprint density at radius 2 is 2.10 bits per heavy atom. The molecule has 2 aliphatic rings. The molecule has 0 heterocycles. The minimum atomic E-state index is -4.21. The van der Waals surface area contributed by atoms with E-state index in [1.54, 1.807) is 4.72 Å². The van der Waals surface area contributed by atoms with Crippen LogP contribution in [-0.2, 0) is 10.0 Å². The summed E-state index contributed by atoms with van der Waals surface area (Å²) in [6, 6.07) is -1.87. The first-order valence-corrected chi connectivity index (χ1v) is 7.53. The van der Waals surface area contributed by atoms with Gasteiger partial charge in [0, 0.05) is 0 Å². The van der Waals surface area contributed by atoms with E-state index >= 15 is 0 Å². The van der Waals surface area contributed by atoms with Crippen LogP contribution < -0.4 is 4.72 Å². The van der Waals surface area contributed by atoms with Crippen molar-refractivity contribution in [1.82, 2.24) is 9.62 Å². The van der Waals surface area contributed by atoms with Gasteiger partial charge in [-0.25, -0.2) is 32.0 Å². The highest BCUT2D eigenvalue weighted by molar-refractivity contribution is 7.91. The maximum atomic E-state index is 12.8. The second kappa shape index (κ2) is 4.72. The molecule has 2 N–H and O–H groups in total.